The maximum Gasteiger partial charge on any atom is 0.253 e. The van der Waals surface area contributed by atoms with Crippen molar-refractivity contribution in [2.45, 2.75) is 45.4 Å². The van der Waals surface area contributed by atoms with Crippen LogP contribution in [0.2, 0.25) is 0 Å². The lowest BCUT2D eigenvalue weighted by Crippen LogP contribution is -2.35. The number of carbonyl (C=O) groups excluding carboxylic acids is 2. The molecule has 1 aromatic rings. The first kappa shape index (κ1) is 22.5. The minimum absolute atomic E-state index is 0.139. The molecule has 156 valence electrons. The molecule has 2 amide bonds. The Hall–Kier alpha value is -1.79. The van der Waals surface area contributed by atoms with Crippen LogP contribution in [0.5, 0.6) is 0 Å². The Morgan fingerprint density at radius 2 is 2.04 bits per heavy atom. The molecule has 2 N–H and O–H groups in total. The summed E-state index contributed by atoms with van der Waals surface area (Å²) in [5.41, 5.74) is 2.06. The SMILES string of the molecule is CCOCCCNC(=O)c1cc(NC(=O)[C@@H](C)Cl)ccc1N1CCC(C)CC1. The van der Waals surface area contributed by atoms with E-state index in [1.54, 1.807) is 13.0 Å². The van der Waals surface area contributed by atoms with Crippen LogP contribution < -0.4 is 15.5 Å². The van der Waals surface area contributed by atoms with Gasteiger partial charge in [0, 0.05) is 44.2 Å². The Bertz CT molecular complexity index is 658. The number of hydrogen-bond donors (Lipinski definition) is 2. The first-order chi connectivity index (χ1) is 13.4. The fraction of sp³-hybridized carbons (Fsp3) is 0.619. The highest BCUT2D eigenvalue weighted by Crippen LogP contribution is 2.29. The average molecular weight is 410 g/mol. The second kappa shape index (κ2) is 11.3. The zero-order valence-electron chi connectivity index (χ0n) is 17.1. The van der Waals surface area contributed by atoms with Crippen molar-refractivity contribution in [1.82, 2.24) is 5.32 Å². The molecule has 1 fully saturated rings. The van der Waals surface area contributed by atoms with Crippen molar-refractivity contribution < 1.29 is 14.3 Å². The van der Waals surface area contributed by atoms with E-state index in [1.165, 1.54) is 0 Å². The molecule has 6 nitrogen and oxygen atoms in total. The van der Waals surface area contributed by atoms with Crippen LogP contribution in [0.25, 0.3) is 0 Å². The smallest absolute Gasteiger partial charge is 0.253 e. The molecule has 1 saturated heterocycles. The molecule has 1 aliphatic rings. The van der Waals surface area contributed by atoms with E-state index in [9.17, 15) is 9.59 Å². The molecule has 1 aromatic carbocycles. The molecule has 0 unspecified atom stereocenters. The van der Waals surface area contributed by atoms with E-state index in [0.29, 0.717) is 36.9 Å². The molecule has 0 radical (unpaired) electrons. The number of carbonyl (C=O) groups is 2. The standard InChI is InChI=1S/C21H32ClN3O3/c1-4-28-13-5-10-23-21(27)18-14-17(24-20(26)16(3)22)6-7-19(18)25-11-8-15(2)9-12-25/h6-7,14-16H,4-5,8-13H2,1-3H3,(H,23,27)(H,24,26)/t16-/m1/s1. The second-order valence-electron chi connectivity index (χ2n) is 7.31. The number of rotatable bonds is 9. The molecule has 0 aliphatic carbocycles. The third-order valence-corrected chi connectivity index (χ3v) is 5.15. The lowest BCUT2D eigenvalue weighted by atomic mass is 9.97. The quantitative estimate of drug-likeness (QED) is 0.482. The maximum absolute atomic E-state index is 12.9. The van der Waals surface area contributed by atoms with Crippen LogP contribution >= 0.6 is 11.6 Å². The van der Waals surface area contributed by atoms with Gasteiger partial charge in [0.2, 0.25) is 5.91 Å². The van der Waals surface area contributed by atoms with E-state index in [2.05, 4.69) is 22.5 Å². The number of halogens is 1. The summed E-state index contributed by atoms with van der Waals surface area (Å²) in [5, 5.41) is 5.09. The summed E-state index contributed by atoms with van der Waals surface area (Å²) in [6.45, 7) is 9.52. The Labute approximate surface area is 172 Å². The van der Waals surface area contributed by atoms with Gasteiger partial charge >= 0.3 is 0 Å². The van der Waals surface area contributed by atoms with Crippen LogP contribution in [0, 0.1) is 5.92 Å². The van der Waals surface area contributed by atoms with Crippen LogP contribution in [0.3, 0.4) is 0 Å². The summed E-state index contributed by atoms with van der Waals surface area (Å²) in [5.74, 6) is 0.278. The highest BCUT2D eigenvalue weighted by Gasteiger charge is 2.22. The molecule has 1 atom stereocenters. The fourth-order valence-corrected chi connectivity index (χ4v) is 3.23. The van der Waals surface area contributed by atoms with Gasteiger partial charge in [-0.15, -0.1) is 11.6 Å². The number of amides is 2. The van der Waals surface area contributed by atoms with Crippen molar-refractivity contribution in [1.29, 1.82) is 0 Å². The summed E-state index contributed by atoms with van der Waals surface area (Å²) in [6.07, 6.45) is 2.98. The molecule has 0 saturated carbocycles. The van der Waals surface area contributed by atoms with Gasteiger partial charge in [0.15, 0.2) is 0 Å². The van der Waals surface area contributed by atoms with Crippen LogP contribution in [0.15, 0.2) is 18.2 Å². The van der Waals surface area contributed by atoms with Gasteiger partial charge in [-0.25, -0.2) is 0 Å². The molecule has 0 spiro atoms. The minimum Gasteiger partial charge on any atom is -0.382 e. The van der Waals surface area contributed by atoms with Gasteiger partial charge in [0.05, 0.1) is 5.56 Å². The molecule has 7 heteroatoms. The van der Waals surface area contributed by atoms with Crippen molar-refractivity contribution in [3.63, 3.8) is 0 Å². The largest absolute Gasteiger partial charge is 0.382 e. The summed E-state index contributed by atoms with van der Waals surface area (Å²) in [6, 6.07) is 5.48. The van der Waals surface area contributed by atoms with Crippen molar-refractivity contribution in [3.05, 3.63) is 23.8 Å². The second-order valence-corrected chi connectivity index (χ2v) is 7.97. The van der Waals surface area contributed by atoms with Gasteiger partial charge in [-0.05, 0) is 57.2 Å². The predicted octanol–water partition coefficient (Wildman–Crippen LogP) is 3.65. The normalized spacial score (nSPS) is 15.9. The number of piperidine rings is 1. The van der Waals surface area contributed by atoms with Crippen LogP contribution in [-0.4, -0.2) is 50.0 Å². The van der Waals surface area contributed by atoms with E-state index in [4.69, 9.17) is 16.3 Å². The Morgan fingerprint density at radius 1 is 1.32 bits per heavy atom. The Morgan fingerprint density at radius 3 is 2.68 bits per heavy atom. The highest BCUT2D eigenvalue weighted by molar-refractivity contribution is 6.32. The number of nitrogens with zero attached hydrogens (tertiary/aromatic N) is 1. The van der Waals surface area contributed by atoms with Crippen LogP contribution in [0.4, 0.5) is 11.4 Å². The van der Waals surface area contributed by atoms with Crippen LogP contribution in [0.1, 0.15) is 50.4 Å². The maximum atomic E-state index is 12.9. The van der Waals surface area contributed by atoms with Crippen molar-refractivity contribution >= 4 is 34.8 Å². The van der Waals surface area contributed by atoms with Gasteiger partial charge in [0.25, 0.3) is 5.91 Å². The molecular weight excluding hydrogens is 378 g/mol. The number of ether oxygens (including phenoxy) is 1. The lowest BCUT2D eigenvalue weighted by molar-refractivity contribution is -0.115. The molecule has 2 rings (SSSR count). The number of nitrogens with one attached hydrogen (secondary N) is 2. The zero-order valence-corrected chi connectivity index (χ0v) is 17.8. The zero-order chi connectivity index (χ0) is 20.5. The number of benzene rings is 1. The molecule has 1 aliphatic heterocycles. The fourth-order valence-electron chi connectivity index (χ4n) is 3.18. The van der Waals surface area contributed by atoms with E-state index in [-0.39, 0.29) is 11.8 Å². The van der Waals surface area contributed by atoms with E-state index >= 15 is 0 Å². The topological polar surface area (TPSA) is 70.7 Å². The summed E-state index contributed by atoms with van der Waals surface area (Å²) in [4.78, 5) is 27.0. The van der Waals surface area contributed by atoms with Gasteiger partial charge in [-0.2, -0.15) is 0 Å². The third kappa shape index (κ3) is 6.67. The number of anilines is 2. The summed E-state index contributed by atoms with van der Waals surface area (Å²) < 4.78 is 5.32. The monoisotopic (exact) mass is 409 g/mol. The van der Waals surface area contributed by atoms with Crippen molar-refractivity contribution in [2.24, 2.45) is 5.92 Å². The molecule has 0 bridgehead atoms. The Balaban J connectivity index is 2.16. The number of alkyl halides is 1. The minimum atomic E-state index is -0.640. The van der Waals surface area contributed by atoms with E-state index in [1.807, 2.05) is 19.1 Å². The van der Waals surface area contributed by atoms with E-state index < -0.39 is 5.38 Å². The average Bonchev–Trinajstić information content (AvgIpc) is 2.68. The first-order valence-corrected chi connectivity index (χ1v) is 10.6. The van der Waals surface area contributed by atoms with Gasteiger partial charge in [0.1, 0.15) is 5.38 Å². The highest BCUT2D eigenvalue weighted by atomic mass is 35.5. The molecular formula is C21H32ClN3O3. The summed E-state index contributed by atoms with van der Waals surface area (Å²) in [7, 11) is 0. The van der Waals surface area contributed by atoms with Gasteiger partial charge in [-0.3, -0.25) is 9.59 Å². The molecule has 1 heterocycles. The molecule has 28 heavy (non-hydrogen) atoms. The van der Waals surface area contributed by atoms with Crippen molar-refractivity contribution in [2.75, 3.05) is 43.1 Å². The lowest BCUT2D eigenvalue weighted by Gasteiger charge is -2.33. The number of hydrogen-bond acceptors (Lipinski definition) is 4. The van der Waals surface area contributed by atoms with E-state index in [0.717, 1.165) is 38.0 Å². The van der Waals surface area contributed by atoms with Gasteiger partial charge < -0.3 is 20.3 Å². The summed E-state index contributed by atoms with van der Waals surface area (Å²) >= 11 is 5.85. The first-order valence-electron chi connectivity index (χ1n) is 10.1. The third-order valence-electron chi connectivity index (χ3n) is 4.95. The molecule has 0 aromatic heterocycles. The van der Waals surface area contributed by atoms with Crippen LogP contribution in [-0.2, 0) is 9.53 Å². The Kier molecular flexibility index (Phi) is 9.06. The predicted molar refractivity (Wildman–Crippen MR) is 114 cm³/mol. The van der Waals surface area contributed by atoms with Crippen molar-refractivity contribution in [3.8, 4) is 0 Å². The van der Waals surface area contributed by atoms with Gasteiger partial charge in [-0.1, -0.05) is 6.92 Å².